The third-order valence-electron chi connectivity index (χ3n) is 2.71. The summed E-state index contributed by atoms with van der Waals surface area (Å²) < 4.78 is 13.4. The molecule has 0 heterocycles. The Bertz CT molecular complexity index is 640. The molecule has 0 aromatic heterocycles. The van der Waals surface area contributed by atoms with E-state index in [-0.39, 0.29) is 23.2 Å². The minimum atomic E-state index is -0.619. The number of carbonyl (C=O) groups excluding carboxylic acids is 1. The van der Waals surface area contributed by atoms with Crippen molar-refractivity contribution in [1.82, 2.24) is 0 Å². The van der Waals surface area contributed by atoms with E-state index in [1.165, 1.54) is 36.4 Å². The zero-order valence-corrected chi connectivity index (χ0v) is 9.88. The molecule has 0 aliphatic carbocycles. The number of rotatable bonds is 4. The van der Waals surface area contributed by atoms with E-state index >= 15 is 0 Å². The standard InChI is InChI=1S/C14H10FNO3/c15-12-7-3-2-6-11(12)14(17)9-10-5-1-4-8-13(10)16(18)19/h1-8H,9H2. The highest BCUT2D eigenvalue weighted by molar-refractivity contribution is 5.98. The van der Waals surface area contributed by atoms with Crippen molar-refractivity contribution in [2.24, 2.45) is 0 Å². The van der Waals surface area contributed by atoms with Crippen molar-refractivity contribution in [2.75, 3.05) is 0 Å². The predicted molar refractivity (Wildman–Crippen MR) is 67.5 cm³/mol. The highest BCUT2D eigenvalue weighted by Gasteiger charge is 2.18. The maximum absolute atomic E-state index is 13.4. The van der Waals surface area contributed by atoms with Crippen LogP contribution in [0.25, 0.3) is 0 Å². The number of benzene rings is 2. The number of carbonyl (C=O) groups is 1. The van der Waals surface area contributed by atoms with Crippen LogP contribution in [0.2, 0.25) is 0 Å². The van der Waals surface area contributed by atoms with Gasteiger partial charge in [0, 0.05) is 18.1 Å². The first kappa shape index (κ1) is 12.9. The van der Waals surface area contributed by atoms with Gasteiger partial charge in [-0.25, -0.2) is 4.39 Å². The molecule has 0 N–H and O–H groups in total. The number of hydrogen-bond donors (Lipinski definition) is 0. The van der Waals surface area contributed by atoms with E-state index < -0.39 is 16.5 Å². The van der Waals surface area contributed by atoms with Crippen LogP contribution < -0.4 is 0 Å². The second-order valence-corrected chi connectivity index (χ2v) is 3.97. The molecule has 0 bridgehead atoms. The maximum atomic E-state index is 13.4. The lowest BCUT2D eigenvalue weighted by Crippen LogP contribution is -2.07. The second kappa shape index (κ2) is 5.39. The van der Waals surface area contributed by atoms with E-state index in [0.717, 1.165) is 0 Å². The maximum Gasteiger partial charge on any atom is 0.273 e. The summed E-state index contributed by atoms with van der Waals surface area (Å²) in [5.41, 5.74) is 0.0913. The summed E-state index contributed by atoms with van der Waals surface area (Å²) in [4.78, 5) is 22.2. The lowest BCUT2D eigenvalue weighted by Gasteiger charge is -2.03. The average Bonchev–Trinajstić information content (AvgIpc) is 2.39. The van der Waals surface area contributed by atoms with E-state index in [4.69, 9.17) is 0 Å². The fourth-order valence-corrected chi connectivity index (χ4v) is 1.79. The third kappa shape index (κ3) is 2.82. The van der Waals surface area contributed by atoms with Gasteiger partial charge in [-0.1, -0.05) is 30.3 Å². The van der Waals surface area contributed by atoms with Gasteiger partial charge in [0.25, 0.3) is 5.69 Å². The fraction of sp³-hybridized carbons (Fsp3) is 0.0714. The first-order valence-corrected chi connectivity index (χ1v) is 5.59. The van der Waals surface area contributed by atoms with Crippen LogP contribution in [0.1, 0.15) is 15.9 Å². The Hall–Kier alpha value is -2.56. The van der Waals surface area contributed by atoms with Crippen molar-refractivity contribution in [1.29, 1.82) is 0 Å². The lowest BCUT2D eigenvalue weighted by atomic mass is 10.0. The van der Waals surface area contributed by atoms with Crippen LogP contribution in [0.3, 0.4) is 0 Å². The Kier molecular flexibility index (Phi) is 3.66. The molecule has 2 rings (SSSR count). The van der Waals surface area contributed by atoms with Gasteiger partial charge in [0.05, 0.1) is 10.5 Å². The number of hydrogen-bond acceptors (Lipinski definition) is 3. The van der Waals surface area contributed by atoms with E-state index in [1.54, 1.807) is 12.1 Å². The highest BCUT2D eigenvalue weighted by atomic mass is 19.1. The number of nitrogens with zero attached hydrogens (tertiary/aromatic N) is 1. The number of nitro benzene ring substituents is 1. The second-order valence-electron chi connectivity index (χ2n) is 3.97. The van der Waals surface area contributed by atoms with Crippen LogP contribution in [0.5, 0.6) is 0 Å². The molecular weight excluding hydrogens is 249 g/mol. The van der Waals surface area contributed by atoms with E-state index in [9.17, 15) is 19.3 Å². The van der Waals surface area contributed by atoms with Crippen molar-refractivity contribution < 1.29 is 14.1 Å². The summed E-state index contributed by atoms with van der Waals surface area (Å²) >= 11 is 0. The molecule has 0 fully saturated rings. The van der Waals surface area contributed by atoms with Crippen LogP contribution in [0, 0.1) is 15.9 Å². The van der Waals surface area contributed by atoms with Gasteiger partial charge in [-0.05, 0) is 12.1 Å². The molecule has 0 aliphatic heterocycles. The summed E-state index contributed by atoms with van der Waals surface area (Å²) in [6.07, 6.45) is -0.196. The lowest BCUT2D eigenvalue weighted by molar-refractivity contribution is -0.385. The van der Waals surface area contributed by atoms with Crippen molar-refractivity contribution >= 4 is 11.5 Å². The fourth-order valence-electron chi connectivity index (χ4n) is 1.79. The zero-order valence-electron chi connectivity index (χ0n) is 9.88. The average molecular weight is 259 g/mol. The molecule has 0 atom stereocenters. The monoisotopic (exact) mass is 259 g/mol. The molecule has 0 amide bonds. The van der Waals surface area contributed by atoms with E-state index in [0.29, 0.717) is 0 Å². The van der Waals surface area contributed by atoms with Crippen molar-refractivity contribution in [2.45, 2.75) is 6.42 Å². The predicted octanol–water partition coefficient (Wildman–Crippen LogP) is 3.16. The van der Waals surface area contributed by atoms with E-state index in [1.807, 2.05) is 0 Å². The van der Waals surface area contributed by atoms with Crippen molar-refractivity contribution in [3.63, 3.8) is 0 Å². The number of nitro groups is 1. The minimum absolute atomic E-state index is 0.0550. The van der Waals surface area contributed by atoms with Gasteiger partial charge < -0.3 is 0 Å². The molecule has 5 heteroatoms. The van der Waals surface area contributed by atoms with Gasteiger partial charge in [0.1, 0.15) is 5.82 Å². The normalized spacial score (nSPS) is 10.2. The summed E-state index contributed by atoms with van der Waals surface area (Å²) in [6.45, 7) is 0. The van der Waals surface area contributed by atoms with Crippen LogP contribution in [-0.4, -0.2) is 10.7 Å². The van der Waals surface area contributed by atoms with Gasteiger partial charge in [0.15, 0.2) is 5.78 Å². The summed E-state index contributed by atoms with van der Waals surface area (Å²) in [6, 6.07) is 11.5. The number of ketones is 1. The molecule has 0 unspecified atom stereocenters. The number of para-hydroxylation sites is 1. The number of halogens is 1. The zero-order chi connectivity index (χ0) is 13.8. The van der Waals surface area contributed by atoms with Gasteiger partial charge >= 0.3 is 0 Å². The van der Waals surface area contributed by atoms with Crippen LogP contribution in [0.15, 0.2) is 48.5 Å². The van der Waals surface area contributed by atoms with Gasteiger partial charge in [0.2, 0.25) is 0 Å². The van der Waals surface area contributed by atoms with Gasteiger partial charge in [-0.15, -0.1) is 0 Å². The molecular formula is C14H10FNO3. The van der Waals surface area contributed by atoms with Gasteiger partial charge in [-0.2, -0.15) is 0 Å². The molecule has 0 saturated carbocycles. The van der Waals surface area contributed by atoms with Gasteiger partial charge in [-0.3, -0.25) is 14.9 Å². The highest BCUT2D eigenvalue weighted by Crippen LogP contribution is 2.20. The summed E-state index contributed by atoms with van der Waals surface area (Å²) in [5.74, 6) is -1.10. The van der Waals surface area contributed by atoms with Crippen LogP contribution >= 0.6 is 0 Å². The molecule has 0 spiro atoms. The Morgan fingerprint density at radius 1 is 1.11 bits per heavy atom. The van der Waals surface area contributed by atoms with Crippen molar-refractivity contribution in [3.05, 3.63) is 75.6 Å². The summed E-state index contributed by atoms with van der Waals surface area (Å²) in [5, 5.41) is 10.8. The molecule has 19 heavy (non-hydrogen) atoms. The minimum Gasteiger partial charge on any atom is -0.294 e. The van der Waals surface area contributed by atoms with Crippen LogP contribution in [0.4, 0.5) is 10.1 Å². The number of Topliss-reactive ketones (excluding diaryl/α,β-unsaturated/α-hetero) is 1. The topological polar surface area (TPSA) is 60.2 Å². The van der Waals surface area contributed by atoms with E-state index in [2.05, 4.69) is 0 Å². The molecule has 4 nitrogen and oxygen atoms in total. The molecule has 96 valence electrons. The van der Waals surface area contributed by atoms with Crippen molar-refractivity contribution in [3.8, 4) is 0 Å². The largest absolute Gasteiger partial charge is 0.294 e. The Labute approximate surface area is 108 Å². The molecule has 2 aromatic rings. The molecule has 0 saturated heterocycles. The SMILES string of the molecule is O=C(Cc1ccccc1[N+](=O)[O-])c1ccccc1F. The smallest absolute Gasteiger partial charge is 0.273 e. The van der Waals surface area contributed by atoms with Crippen LogP contribution in [-0.2, 0) is 6.42 Å². The summed E-state index contributed by atoms with van der Waals surface area (Å²) in [7, 11) is 0. The third-order valence-corrected chi connectivity index (χ3v) is 2.71. The Morgan fingerprint density at radius 2 is 1.74 bits per heavy atom. The first-order valence-electron chi connectivity index (χ1n) is 5.59. The Morgan fingerprint density at radius 3 is 2.42 bits per heavy atom. The first-order chi connectivity index (χ1) is 9.09. The molecule has 2 aromatic carbocycles. The molecule has 0 aliphatic rings. The molecule has 0 radical (unpaired) electrons. The quantitative estimate of drug-likeness (QED) is 0.481. The Balaban J connectivity index is 2.30.